The molecule has 0 aliphatic carbocycles. The average Bonchev–Trinajstić information content (AvgIpc) is 3.07. The number of rotatable bonds is 7. The number of benzene rings is 1. The molecule has 3 aromatic rings. The Hall–Kier alpha value is -2.30. The lowest BCUT2D eigenvalue weighted by Gasteiger charge is -2.11. The minimum atomic E-state index is -0.782. The van der Waals surface area contributed by atoms with Crippen LogP contribution in [0.1, 0.15) is 0 Å². The monoisotopic (exact) mass is 411 g/mol. The fraction of sp³-hybridized carbons (Fsp3) is 0.235. The zero-order chi connectivity index (χ0) is 19.4. The third-order valence-electron chi connectivity index (χ3n) is 3.53. The minimum Gasteiger partial charge on any atom is -0.383 e. The molecule has 0 spiro atoms. The van der Waals surface area contributed by atoms with E-state index in [0.29, 0.717) is 28.5 Å². The Labute approximate surface area is 161 Å². The van der Waals surface area contributed by atoms with Gasteiger partial charge in [-0.15, -0.1) is 11.3 Å². The van der Waals surface area contributed by atoms with Crippen LogP contribution in [-0.2, 0) is 16.1 Å². The molecule has 0 fully saturated rings. The number of methoxy groups -OCH3 is 1. The second-order valence-corrected chi connectivity index (χ2v) is 7.33. The van der Waals surface area contributed by atoms with Crippen LogP contribution < -0.4 is 10.9 Å². The molecule has 0 saturated heterocycles. The normalized spacial score (nSPS) is 11.1. The number of carbonyl (C=O) groups is 1. The number of amides is 1. The van der Waals surface area contributed by atoms with E-state index in [2.05, 4.69) is 10.3 Å². The fourth-order valence-corrected chi connectivity index (χ4v) is 3.97. The van der Waals surface area contributed by atoms with Crippen molar-refractivity contribution in [1.82, 2.24) is 9.55 Å². The molecule has 27 heavy (non-hydrogen) atoms. The van der Waals surface area contributed by atoms with Crippen molar-refractivity contribution in [2.45, 2.75) is 11.7 Å². The molecule has 142 valence electrons. The maximum atomic E-state index is 13.2. The van der Waals surface area contributed by atoms with Crippen LogP contribution in [0.3, 0.4) is 0 Å². The predicted octanol–water partition coefficient (Wildman–Crippen LogP) is 3.11. The van der Waals surface area contributed by atoms with E-state index < -0.39 is 17.5 Å². The van der Waals surface area contributed by atoms with Crippen LogP contribution in [0.5, 0.6) is 0 Å². The Morgan fingerprint density at radius 2 is 2.07 bits per heavy atom. The van der Waals surface area contributed by atoms with Gasteiger partial charge in [-0.25, -0.2) is 13.8 Å². The van der Waals surface area contributed by atoms with Gasteiger partial charge in [0.15, 0.2) is 5.16 Å². The second-order valence-electron chi connectivity index (χ2n) is 5.47. The average molecular weight is 411 g/mol. The molecule has 2 aromatic heterocycles. The summed E-state index contributed by atoms with van der Waals surface area (Å²) in [5.41, 5.74) is 0.395. The second kappa shape index (κ2) is 8.59. The van der Waals surface area contributed by atoms with E-state index in [1.807, 2.05) is 0 Å². The summed E-state index contributed by atoms with van der Waals surface area (Å²) < 4.78 is 33.4. The number of thioether (sulfide) groups is 1. The molecule has 2 heterocycles. The Morgan fingerprint density at radius 1 is 1.33 bits per heavy atom. The van der Waals surface area contributed by atoms with E-state index in [1.165, 1.54) is 23.0 Å². The number of carbonyl (C=O) groups excluding carboxylic acids is 1. The molecule has 0 atom stereocenters. The topological polar surface area (TPSA) is 73.2 Å². The first-order chi connectivity index (χ1) is 13.0. The summed E-state index contributed by atoms with van der Waals surface area (Å²) in [7, 11) is 1.53. The molecule has 1 N–H and O–H groups in total. The van der Waals surface area contributed by atoms with Crippen LogP contribution in [0.25, 0.3) is 10.2 Å². The zero-order valence-electron chi connectivity index (χ0n) is 14.2. The largest absolute Gasteiger partial charge is 0.383 e. The summed E-state index contributed by atoms with van der Waals surface area (Å²) in [6, 6.07) is 4.51. The van der Waals surface area contributed by atoms with Crippen LogP contribution in [0.15, 0.2) is 39.6 Å². The maximum absolute atomic E-state index is 13.2. The number of aromatic nitrogens is 2. The number of nitrogens with zero attached hydrogens (tertiary/aromatic N) is 2. The quantitative estimate of drug-likeness (QED) is 0.478. The van der Waals surface area contributed by atoms with Gasteiger partial charge in [0.25, 0.3) is 5.56 Å². The summed E-state index contributed by atoms with van der Waals surface area (Å²) in [6.07, 6.45) is 0. The Morgan fingerprint density at radius 3 is 2.78 bits per heavy atom. The summed E-state index contributed by atoms with van der Waals surface area (Å²) in [6.45, 7) is 0.621. The molecule has 0 bridgehead atoms. The van der Waals surface area contributed by atoms with Gasteiger partial charge in [0.1, 0.15) is 16.3 Å². The summed E-state index contributed by atoms with van der Waals surface area (Å²) >= 11 is 2.37. The van der Waals surface area contributed by atoms with Crippen LogP contribution in [0.4, 0.5) is 14.5 Å². The van der Waals surface area contributed by atoms with Gasteiger partial charge >= 0.3 is 0 Å². The van der Waals surface area contributed by atoms with Crippen molar-refractivity contribution in [3.05, 3.63) is 51.6 Å². The summed E-state index contributed by atoms with van der Waals surface area (Å²) in [5.74, 6) is -2.11. The van der Waals surface area contributed by atoms with E-state index in [4.69, 9.17) is 4.74 Å². The van der Waals surface area contributed by atoms with Crippen molar-refractivity contribution in [3.63, 3.8) is 0 Å². The molecule has 1 amide bonds. The van der Waals surface area contributed by atoms with E-state index in [0.717, 1.165) is 30.0 Å². The Kier molecular flexibility index (Phi) is 6.19. The number of hydrogen-bond donors (Lipinski definition) is 1. The van der Waals surface area contributed by atoms with Gasteiger partial charge in [-0.1, -0.05) is 11.8 Å². The minimum absolute atomic E-state index is 0.0242. The van der Waals surface area contributed by atoms with Crippen LogP contribution in [-0.4, -0.2) is 34.9 Å². The highest BCUT2D eigenvalue weighted by atomic mass is 32.2. The molecule has 0 radical (unpaired) electrons. The molecular formula is C17H15F2N3O3S2. The highest BCUT2D eigenvalue weighted by molar-refractivity contribution is 7.99. The molecule has 0 aliphatic rings. The molecule has 10 heteroatoms. The van der Waals surface area contributed by atoms with Crippen molar-refractivity contribution in [1.29, 1.82) is 0 Å². The van der Waals surface area contributed by atoms with Crippen LogP contribution >= 0.6 is 23.1 Å². The van der Waals surface area contributed by atoms with Crippen molar-refractivity contribution in [2.24, 2.45) is 0 Å². The summed E-state index contributed by atoms with van der Waals surface area (Å²) in [5, 5.41) is 4.58. The van der Waals surface area contributed by atoms with Crippen molar-refractivity contribution >= 4 is 44.9 Å². The highest BCUT2D eigenvalue weighted by Gasteiger charge is 2.14. The number of ether oxygens (including phenoxy) is 1. The lowest BCUT2D eigenvalue weighted by atomic mass is 10.3. The number of nitrogens with one attached hydrogen (secondary N) is 1. The van der Waals surface area contributed by atoms with Gasteiger partial charge in [0.2, 0.25) is 5.91 Å². The third-order valence-corrected chi connectivity index (χ3v) is 5.40. The molecule has 1 aromatic carbocycles. The van der Waals surface area contributed by atoms with Crippen LogP contribution in [0, 0.1) is 11.6 Å². The standard InChI is InChI=1S/C17H15F2N3O3S2/c1-25-4-3-22-16(24)15-13(2-5-26-15)21-17(22)27-9-14(23)20-12-7-10(18)6-11(19)8-12/h2,5-8H,3-4,9H2,1H3,(H,20,23). The molecule has 0 saturated carbocycles. The third kappa shape index (κ3) is 4.71. The van der Waals surface area contributed by atoms with E-state index in [9.17, 15) is 18.4 Å². The first-order valence-corrected chi connectivity index (χ1v) is 9.70. The number of fused-ring (bicyclic) bond motifs is 1. The van der Waals surface area contributed by atoms with Gasteiger partial charge in [0, 0.05) is 18.9 Å². The van der Waals surface area contributed by atoms with E-state index >= 15 is 0 Å². The molecule has 0 unspecified atom stereocenters. The smallest absolute Gasteiger partial charge is 0.272 e. The van der Waals surface area contributed by atoms with Gasteiger partial charge in [-0.05, 0) is 23.6 Å². The number of anilines is 1. The molecule has 3 rings (SSSR count). The van der Waals surface area contributed by atoms with Crippen molar-refractivity contribution in [2.75, 3.05) is 24.8 Å². The molecular weight excluding hydrogens is 396 g/mol. The molecule has 6 nitrogen and oxygen atoms in total. The summed E-state index contributed by atoms with van der Waals surface area (Å²) in [4.78, 5) is 29.2. The zero-order valence-corrected chi connectivity index (χ0v) is 15.8. The number of hydrogen-bond acceptors (Lipinski definition) is 6. The first-order valence-electron chi connectivity index (χ1n) is 7.83. The number of halogens is 2. The van der Waals surface area contributed by atoms with Gasteiger partial charge < -0.3 is 10.1 Å². The van der Waals surface area contributed by atoms with Crippen LogP contribution in [0.2, 0.25) is 0 Å². The lowest BCUT2D eigenvalue weighted by molar-refractivity contribution is -0.113. The first kappa shape index (κ1) is 19.5. The van der Waals surface area contributed by atoms with Gasteiger partial charge in [0.05, 0.1) is 24.4 Å². The fourth-order valence-electron chi connectivity index (χ4n) is 2.37. The number of thiophene rings is 1. The Balaban J connectivity index is 1.77. The Bertz CT molecular complexity index is 1020. The maximum Gasteiger partial charge on any atom is 0.272 e. The lowest BCUT2D eigenvalue weighted by Crippen LogP contribution is -2.25. The van der Waals surface area contributed by atoms with Crippen molar-refractivity contribution < 1.29 is 18.3 Å². The van der Waals surface area contributed by atoms with Gasteiger partial charge in [-0.3, -0.25) is 14.2 Å². The van der Waals surface area contributed by atoms with Gasteiger partial charge in [-0.2, -0.15) is 0 Å². The SMILES string of the molecule is COCCn1c(SCC(=O)Nc2cc(F)cc(F)c2)nc2ccsc2c1=O. The van der Waals surface area contributed by atoms with E-state index in [1.54, 1.807) is 11.4 Å². The highest BCUT2D eigenvalue weighted by Crippen LogP contribution is 2.21. The van der Waals surface area contributed by atoms with E-state index in [-0.39, 0.29) is 17.0 Å². The predicted molar refractivity (Wildman–Crippen MR) is 101 cm³/mol. The molecule has 0 aliphatic heterocycles. The van der Waals surface area contributed by atoms with Crippen molar-refractivity contribution in [3.8, 4) is 0 Å².